The van der Waals surface area contributed by atoms with Crippen LogP contribution in [0.2, 0.25) is 0 Å². The number of fused-ring (bicyclic) bond motifs is 6. The number of hydrogen-bond acceptors (Lipinski definition) is 3. The van der Waals surface area contributed by atoms with E-state index < -0.39 is 0 Å². The van der Waals surface area contributed by atoms with Gasteiger partial charge in [0, 0.05) is 27.1 Å². The average Bonchev–Trinajstić information content (AvgIpc) is 3.12. The first-order valence-corrected chi connectivity index (χ1v) is 11.9. The molecule has 0 bridgehead atoms. The molecule has 0 amide bonds. The van der Waals surface area contributed by atoms with E-state index in [1.54, 1.807) is 0 Å². The van der Waals surface area contributed by atoms with E-state index in [4.69, 9.17) is 4.74 Å². The van der Waals surface area contributed by atoms with E-state index in [1.807, 2.05) is 6.08 Å². The van der Waals surface area contributed by atoms with E-state index in [-0.39, 0.29) is 25.8 Å². The fourth-order valence-corrected chi connectivity index (χ4v) is 10.1. The van der Waals surface area contributed by atoms with Crippen LogP contribution < -0.4 is 0 Å². The average molecular weight is 482 g/mol. The summed E-state index contributed by atoms with van der Waals surface area (Å²) < 4.78 is 6.29. The molecule has 4 aliphatic carbocycles. The Kier molecular flexibility index (Phi) is 3.87. The third kappa shape index (κ3) is 2.14. The second-order valence-corrected chi connectivity index (χ2v) is 12.5. The molecule has 1 spiro atoms. The van der Waals surface area contributed by atoms with E-state index in [9.17, 15) is 9.59 Å². The van der Waals surface area contributed by atoms with Gasteiger partial charge < -0.3 is 4.74 Å². The van der Waals surface area contributed by atoms with Gasteiger partial charge in [-0.3, -0.25) is 9.59 Å². The Bertz CT molecular complexity index is 759. The van der Waals surface area contributed by atoms with Gasteiger partial charge in [-0.1, -0.05) is 48.9 Å². The molecule has 0 aromatic carbocycles. The van der Waals surface area contributed by atoms with Crippen LogP contribution in [0.15, 0.2) is 11.6 Å². The number of rotatable bonds is 0. The van der Waals surface area contributed by atoms with Gasteiger partial charge in [-0.05, 0) is 68.8 Å². The van der Waals surface area contributed by atoms with Crippen molar-refractivity contribution in [3.8, 4) is 0 Å². The van der Waals surface area contributed by atoms with E-state index >= 15 is 0 Å². The molecule has 0 aromatic heterocycles. The molecule has 3 nitrogen and oxygen atoms in total. The lowest BCUT2D eigenvalue weighted by Gasteiger charge is -2.65. The second-order valence-electron chi connectivity index (χ2n) is 10.6. The zero-order valence-corrected chi connectivity index (χ0v) is 18.9. The smallest absolute Gasteiger partial charge is 0.306 e. The Morgan fingerprint density at radius 3 is 2.56 bits per heavy atom. The first-order chi connectivity index (χ1) is 12.7. The number of ketones is 1. The number of carbonyl (C=O) groups is 2. The Labute approximate surface area is 176 Å². The van der Waals surface area contributed by atoms with Gasteiger partial charge >= 0.3 is 5.97 Å². The molecule has 0 aromatic rings. The van der Waals surface area contributed by atoms with Gasteiger partial charge in [-0.2, -0.15) is 0 Å². The lowest BCUT2D eigenvalue weighted by atomic mass is 9.44. The van der Waals surface area contributed by atoms with Crippen LogP contribution >= 0.6 is 22.6 Å². The number of halogens is 1. The van der Waals surface area contributed by atoms with Crippen LogP contribution in [0.3, 0.4) is 0 Å². The van der Waals surface area contributed by atoms with Crippen LogP contribution in [-0.4, -0.2) is 20.8 Å². The molecule has 4 heteroatoms. The van der Waals surface area contributed by atoms with E-state index in [2.05, 4.69) is 43.4 Å². The van der Waals surface area contributed by atoms with Crippen molar-refractivity contribution in [2.75, 3.05) is 0 Å². The molecular formula is C23H31IO3. The zero-order chi connectivity index (χ0) is 19.2. The fourth-order valence-electron chi connectivity index (χ4n) is 8.13. The van der Waals surface area contributed by atoms with Crippen LogP contribution in [0.4, 0.5) is 0 Å². The molecule has 3 saturated carbocycles. The number of esters is 1. The van der Waals surface area contributed by atoms with Gasteiger partial charge in [-0.25, -0.2) is 0 Å². The van der Waals surface area contributed by atoms with Crippen LogP contribution in [0.1, 0.15) is 78.6 Å². The molecule has 4 fully saturated rings. The van der Waals surface area contributed by atoms with Gasteiger partial charge in [0.2, 0.25) is 0 Å². The zero-order valence-electron chi connectivity index (χ0n) is 16.8. The largest absolute Gasteiger partial charge is 0.458 e. The standard InChI is InChI=1S/C23H31IO3/c1-14-12-15-13-16(25)4-7-20(15,2)23(24)11-10-21(3)17(19(14)23)5-8-22(21)9-6-18(26)27-22/h13-14,17,19H,4-12H2,1-3H3/t14-,17?,19?,20?,21?,22-,23-/m1/s1. The first-order valence-electron chi connectivity index (χ1n) is 10.8. The quantitative estimate of drug-likeness (QED) is 0.264. The Morgan fingerprint density at radius 2 is 1.85 bits per heavy atom. The van der Waals surface area contributed by atoms with Crippen molar-refractivity contribution in [1.82, 2.24) is 0 Å². The number of allylic oxidation sites excluding steroid dienone is 1. The SMILES string of the molecule is C[C@@H]1CC2=CC(=O)CCC2(C)[C@@]2(I)CCC3(C)C(CC[C@@]34CCC(=O)O4)C12. The predicted molar refractivity (Wildman–Crippen MR) is 113 cm³/mol. The molecule has 1 saturated heterocycles. The van der Waals surface area contributed by atoms with Crippen molar-refractivity contribution >= 4 is 34.3 Å². The minimum Gasteiger partial charge on any atom is -0.458 e. The van der Waals surface area contributed by atoms with Gasteiger partial charge in [0.25, 0.3) is 0 Å². The van der Waals surface area contributed by atoms with Gasteiger partial charge in [0.05, 0.1) is 0 Å². The summed E-state index contributed by atoms with van der Waals surface area (Å²) >= 11 is 2.82. The molecule has 7 atom stereocenters. The highest BCUT2D eigenvalue weighted by molar-refractivity contribution is 14.1. The second kappa shape index (κ2) is 5.60. The predicted octanol–water partition coefficient (Wildman–Crippen LogP) is 5.40. The van der Waals surface area contributed by atoms with Crippen LogP contribution in [-0.2, 0) is 14.3 Å². The highest BCUT2D eigenvalue weighted by atomic mass is 127. The molecule has 0 N–H and O–H groups in total. The minimum atomic E-state index is -0.202. The number of alkyl halides is 1. The molecule has 148 valence electrons. The fraction of sp³-hybridized carbons (Fsp3) is 0.826. The van der Waals surface area contributed by atoms with E-state index in [1.165, 1.54) is 18.4 Å². The van der Waals surface area contributed by atoms with Crippen molar-refractivity contribution < 1.29 is 14.3 Å². The molecule has 4 unspecified atom stereocenters. The maximum atomic E-state index is 12.1. The lowest BCUT2D eigenvalue weighted by molar-refractivity contribution is -0.167. The highest BCUT2D eigenvalue weighted by Gasteiger charge is 2.71. The van der Waals surface area contributed by atoms with Crippen LogP contribution in [0.25, 0.3) is 0 Å². The summed E-state index contributed by atoms with van der Waals surface area (Å²) in [6.45, 7) is 7.29. The normalized spacial score (nSPS) is 54.2. The van der Waals surface area contributed by atoms with Crippen LogP contribution in [0, 0.1) is 28.6 Å². The summed E-state index contributed by atoms with van der Waals surface area (Å²) in [5.74, 6) is 2.20. The van der Waals surface area contributed by atoms with Crippen LogP contribution in [0.5, 0.6) is 0 Å². The summed E-state index contributed by atoms with van der Waals surface area (Å²) in [5, 5.41) is 0. The molecular weight excluding hydrogens is 451 g/mol. The molecule has 0 radical (unpaired) electrons. The topological polar surface area (TPSA) is 43.4 Å². The highest BCUT2D eigenvalue weighted by Crippen LogP contribution is 2.74. The third-order valence-corrected chi connectivity index (χ3v) is 12.2. The number of carbonyl (C=O) groups excluding carboxylic acids is 2. The Hall–Kier alpha value is -0.390. The summed E-state index contributed by atoms with van der Waals surface area (Å²) in [7, 11) is 0. The summed E-state index contributed by atoms with van der Waals surface area (Å²) in [6, 6.07) is 0. The molecule has 5 aliphatic rings. The van der Waals surface area contributed by atoms with Crippen molar-refractivity contribution in [2.24, 2.45) is 28.6 Å². The van der Waals surface area contributed by atoms with Crippen molar-refractivity contribution in [3.05, 3.63) is 11.6 Å². The Balaban J connectivity index is 1.58. The van der Waals surface area contributed by atoms with E-state index in [0.717, 1.165) is 32.1 Å². The monoisotopic (exact) mass is 482 g/mol. The number of ether oxygens (including phenoxy) is 1. The summed E-state index contributed by atoms with van der Waals surface area (Å²) in [4.78, 5) is 24.2. The lowest BCUT2D eigenvalue weighted by Crippen LogP contribution is -2.63. The van der Waals surface area contributed by atoms with E-state index in [0.29, 0.717) is 36.4 Å². The molecule has 1 heterocycles. The van der Waals surface area contributed by atoms with Crippen molar-refractivity contribution in [1.29, 1.82) is 0 Å². The first kappa shape index (κ1) is 18.6. The number of hydrogen-bond donors (Lipinski definition) is 0. The Morgan fingerprint density at radius 1 is 1.07 bits per heavy atom. The molecule has 27 heavy (non-hydrogen) atoms. The molecule has 5 rings (SSSR count). The van der Waals surface area contributed by atoms with Gasteiger partial charge in [0.15, 0.2) is 5.78 Å². The van der Waals surface area contributed by atoms with Gasteiger partial charge in [-0.15, -0.1) is 0 Å². The van der Waals surface area contributed by atoms with Crippen molar-refractivity contribution in [3.63, 3.8) is 0 Å². The minimum absolute atomic E-state index is 0.0165. The van der Waals surface area contributed by atoms with Crippen molar-refractivity contribution in [2.45, 2.75) is 87.6 Å². The maximum Gasteiger partial charge on any atom is 0.306 e. The summed E-state index contributed by atoms with van der Waals surface area (Å²) in [5.41, 5.74) is 1.48. The van der Waals surface area contributed by atoms with Gasteiger partial charge in [0.1, 0.15) is 5.60 Å². The maximum absolute atomic E-state index is 12.1. The molecule has 1 aliphatic heterocycles. The third-order valence-electron chi connectivity index (χ3n) is 9.72. The summed E-state index contributed by atoms with van der Waals surface area (Å²) in [6.07, 6.45) is 10.9.